The van der Waals surface area contributed by atoms with Crippen LogP contribution in [0.1, 0.15) is 71.8 Å². The summed E-state index contributed by atoms with van der Waals surface area (Å²) in [5.41, 5.74) is 0.880. The number of hydrogen-bond acceptors (Lipinski definition) is 9. The van der Waals surface area contributed by atoms with Crippen molar-refractivity contribution in [3.63, 3.8) is 0 Å². The molecule has 262 valence electrons. The minimum atomic E-state index is -1.33. The van der Waals surface area contributed by atoms with Crippen LogP contribution in [-0.4, -0.2) is 90.1 Å². The highest BCUT2D eigenvalue weighted by molar-refractivity contribution is 6.38. The number of carbonyl (C=O) groups is 5. The lowest BCUT2D eigenvalue weighted by molar-refractivity contribution is -0.144. The predicted octanol–water partition coefficient (Wildman–Crippen LogP) is 2.24. The van der Waals surface area contributed by atoms with E-state index in [4.69, 9.17) is 14.3 Å². The van der Waals surface area contributed by atoms with Gasteiger partial charge in [0.1, 0.15) is 35.4 Å². The van der Waals surface area contributed by atoms with Gasteiger partial charge in [-0.25, -0.2) is 13.6 Å². The summed E-state index contributed by atoms with van der Waals surface area (Å²) in [6.07, 6.45) is 2.91. The van der Waals surface area contributed by atoms with Crippen molar-refractivity contribution in [2.24, 2.45) is 5.41 Å². The Morgan fingerprint density at radius 1 is 1.08 bits per heavy atom. The molecule has 48 heavy (non-hydrogen) atoms. The van der Waals surface area contributed by atoms with Gasteiger partial charge in [0.25, 0.3) is 5.91 Å². The van der Waals surface area contributed by atoms with E-state index in [1.807, 2.05) is 6.92 Å². The van der Waals surface area contributed by atoms with Gasteiger partial charge in [-0.05, 0) is 42.9 Å². The molecule has 0 aromatic heterocycles. The lowest BCUT2D eigenvalue weighted by atomic mass is 9.85. The molecule has 13 nitrogen and oxygen atoms in total. The number of hydroxylamine groups is 1. The van der Waals surface area contributed by atoms with Crippen molar-refractivity contribution in [3.05, 3.63) is 41.5 Å². The van der Waals surface area contributed by atoms with E-state index >= 15 is 0 Å². The molecule has 3 heterocycles. The number of likely N-dealkylation sites (tertiary alicyclic amines) is 1. The summed E-state index contributed by atoms with van der Waals surface area (Å²) in [5, 5.41) is 8.00. The highest BCUT2D eigenvalue weighted by Gasteiger charge is 2.54. The number of alkyl carbamates (subject to hydrolysis) is 1. The van der Waals surface area contributed by atoms with Crippen LogP contribution >= 0.6 is 0 Å². The van der Waals surface area contributed by atoms with Gasteiger partial charge in [-0.3, -0.25) is 29.5 Å². The Morgan fingerprint density at radius 3 is 2.40 bits per heavy atom. The van der Waals surface area contributed by atoms with E-state index in [1.54, 1.807) is 26.8 Å². The van der Waals surface area contributed by atoms with Crippen molar-refractivity contribution in [2.45, 2.75) is 102 Å². The van der Waals surface area contributed by atoms with Crippen LogP contribution in [0, 0.1) is 17.0 Å². The normalized spacial score (nSPS) is 24.8. The second-order valence-corrected chi connectivity index (χ2v) is 14.0. The van der Waals surface area contributed by atoms with Gasteiger partial charge >= 0.3 is 6.09 Å². The Morgan fingerprint density at radius 2 is 1.79 bits per heavy atom. The van der Waals surface area contributed by atoms with Crippen LogP contribution in [0.5, 0.6) is 0 Å². The number of Topliss-reactive ketones (excluding diaryl/α,β-unsaturated/α-hetero) is 1. The number of ether oxygens (including phenoxy) is 2. The predicted molar refractivity (Wildman–Crippen MR) is 166 cm³/mol. The Hall–Kier alpha value is -4.11. The topological polar surface area (TPSA) is 164 Å². The molecule has 3 aliphatic heterocycles. The minimum absolute atomic E-state index is 0.0588. The van der Waals surface area contributed by atoms with Crippen LogP contribution < -0.4 is 21.4 Å². The van der Waals surface area contributed by atoms with Crippen LogP contribution in [0.3, 0.4) is 0 Å². The zero-order valence-corrected chi connectivity index (χ0v) is 27.5. The fourth-order valence-corrected chi connectivity index (χ4v) is 6.07. The smallest absolute Gasteiger partial charge is 0.408 e. The number of nitrogens with zero attached hydrogens (tertiary/aromatic N) is 1. The molecule has 3 fully saturated rings. The third-order valence-corrected chi connectivity index (χ3v) is 8.77. The maximum absolute atomic E-state index is 14.4. The van der Waals surface area contributed by atoms with E-state index in [0.29, 0.717) is 19.4 Å². The molecule has 0 unspecified atom stereocenters. The van der Waals surface area contributed by atoms with Crippen molar-refractivity contribution in [1.29, 1.82) is 0 Å². The van der Waals surface area contributed by atoms with Crippen molar-refractivity contribution in [3.8, 4) is 0 Å². The van der Waals surface area contributed by atoms with Gasteiger partial charge in [0, 0.05) is 30.5 Å². The zero-order chi connectivity index (χ0) is 34.8. The molecule has 1 aliphatic carbocycles. The number of benzene rings is 1. The lowest BCUT2D eigenvalue weighted by Crippen LogP contribution is -2.59. The molecular formula is C33H43F2N5O8. The first-order valence-electron chi connectivity index (χ1n) is 16.3. The summed E-state index contributed by atoms with van der Waals surface area (Å²) in [5.74, 6) is -4.50. The SMILES string of the molecule is CCC[C@H](NC(=O)[C@@H]1C[C@@]2(C=C(c3cc(F)cc(F)c3)NO2)CN1C(=O)[C@@H](NC(=O)O[C@H]1CCOC1)C(C)(C)C)C(=O)C(=O)NC1CC1. The first-order chi connectivity index (χ1) is 22.7. The highest BCUT2D eigenvalue weighted by atomic mass is 19.1. The standard InChI is InChI=1S/C33H43F2N5O8/c1-5-6-23(26(41)29(43)36-21-7-8-21)37-28(42)25-15-33(14-24(39-48-33)18-11-19(34)13-20(35)12-18)17-40(25)30(44)27(32(2,3)4)38-31(45)47-22-9-10-46-16-22/h11-14,21-23,25,27,39H,5-10,15-17H2,1-4H3,(H,36,43)(H,37,42)(H,38,45)/t22-,23-,25-,27+,33-/m0/s1. The molecular weight excluding hydrogens is 632 g/mol. The van der Waals surface area contributed by atoms with E-state index in [2.05, 4.69) is 21.4 Å². The van der Waals surface area contributed by atoms with Gasteiger partial charge in [0.05, 0.1) is 31.5 Å². The van der Waals surface area contributed by atoms with E-state index in [0.717, 1.165) is 31.0 Å². The fourth-order valence-electron chi connectivity index (χ4n) is 6.07. The number of hydrogen-bond donors (Lipinski definition) is 4. The second-order valence-electron chi connectivity index (χ2n) is 14.0. The first-order valence-corrected chi connectivity index (χ1v) is 16.3. The molecule has 0 bridgehead atoms. The lowest BCUT2D eigenvalue weighted by Gasteiger charge is -2.35. The summed E-state index contributed by atoms with van der Waals surface area (Å²) in [6, 6.07) is -0.625. The summed E-state index contributed by atoms with van der Waals surface area (Å²) in [6.45, 7) is 7.54. The molecule has 1 aromatic carbocycles. The second kappa shape index (κ2) is 14.2. The molecule has 4 amide bonds. The number of halogens is 2. The minimum Gasteiger partial charge on any atom is -0.444 e. The molecule has 5 atom stereocenters. The number of amides is 4. The van der Waals surface area contributed by atoms with Crippen molar-refractivity contribution >= 4 is 35.3 Å². The van der Waals surface area contributed by atoms with Gasteiger partial charge in [0.2, 0.25) is 17.6 Å². The number of ketones is 1. The molecule has 5 rings (SSSR count). The van der Waals surface area contributed by atoms with Crippen LogP contribution in [0.4, 0.5) is 13.6 Å². The van der Waals surface area contributed by atoms with E-state index in [-0.39, 0.29) is 43.3 Å². The molecule has 1 spiro atoms. The zero-order valence-electron chi connectivity index (χ0n) is 27.5. The Kier molecular flexibility index (Phi) is 10.4. The van der Waals surface area contributed by atoms with Gasteiger partial charge in [-0.15, -0.1) is 0 Å². The average Bonchev–Trinajstić information content (AvgIpc) is 3.37. The van der Waals surface area contributed by atoms with Gasteiger partial charge in [0.15, 0.2) is 0 Å². The van der Waals surface area contributed by atoms with Gasteiger partial charge in [-0.1, -0.05) is 34.1 Å². The van der Waals surface area contributed by atoms with Crippen LogP contribution in [-0.2, 0) is 33.5 Å². The van der Waals surface area contributed by atoms with Crippen molar-refractivity contribution in [1.82, 2.24) is 26.3 Å². The third-order valence-electron chi connectivity index (χ3n) is 8.77. The monoisotopic (exact) mass is 675 g/mol. The summed E-state index contributed by atoms with van der Waals surface area (Å²) in [4.78, 5) is 74.1. The van der Waals surface area contributed by atoms with Gasteiger partial charge in [-0.2, -0.15) is 0 Å². The van der Waals surface area contributed by atoms with Gasteiger partial charge < -0.3 is 30.3 Å². The summed E-state index contributed by atoms with van der Waals surface area (Å²) >= 11 is 0. The molecule has 1 saturated carbocycles. The molecule has 0 radical (unpaired) electrons. The van der Waals surface area contributed by atoms with Crippen LogP contribution in [0.15, 0.2) is 24.3 Å². The summed E-state index contributed by atoms with van der Waals surface area (Å²) in [7, 11) is 0. The largest absolute Gasteiger partial charge is 0.444 e. The first kappa shape index (κ1) is 35.2. The number of carbonyl (C=O) groups excluding carboxylic acids is 5. The van der Waals surface area contributed by atoms with E-state index in [9.17, 15) is 32.8 Å². The van der Waals surface area contributed by atoms with Crippen molar-refractivity contribution in [2.75, 3.05) is 19.8 Å². The number of rotatable bonds is 11. The third kappa shape index (κ3) is 8.29. The summed E-state index contributed by atoms with van der Waals surface area (Å²) < 4.78 is 38.8. The number of nitrogens with one attached hydrogen (secondary N) is 4. The van der Waals surface area contributed by atoms with E-state index in [1.165, 1.54) is 4.90 Å². The van der Waals surface area contributed by atoms with Crippen LogP contribution in [0.25, 0.3) is 5.70 Å². The van der Waals surface area contributed by atoms with Crippen LogP contribution in [0.2, 0.25) is 0 Å². The molecule has 4 N–H and O–H groups in total. The van der Waals surface area contributed by atoms with E-state index < -0.39 is 76.5 Å². The quantitative estimate of drug-likeness (QED) is 0.258. The fraction of sp³-hybridized carbons (Fsp3) is 0.606. The van der Waals surface area contributed by atoms with Crippen molar-refractivity contribution < 1.29 is 47.1 Å². The maximum atomic E-state index is 14.4. The maximum Gasteiger partial charge on any atom is 0.408 e. The molecule has 4 aliphatic rings. The molecule has 2 saturated heterocycles. The Labute approximate surface area is 277 Å². The Bertz CT molecular complexity index is 1450. The molecule has 1 aromatic rings. The average molecular weight is 676 g/mol. The molecule has 15 heteroatoms. The highest BCUT2D eigenvalue weighted by Crippen LogP contribution is 2.39. The Balaban J connectivity index is 1.42.